The quantitative estimate of drug-likeness (QED) is 0.560. The Kier molecular flexibility index (Phi) is 7.56. The normalized spacial score (nSPS) is 21.6. The Balaban J connectivity index is 1.55. The second-order valence-electron chi connectivity index (χ2n) is 7.61. The molecule has 0 bridgehead atoms. The molecule has 1 aromatic carbocycles. The number of thiol groups is 1. The van der Waals surface area contributed by atoms with Crippen LogP contribution >= 0.6 is 24.8 Å². The van der Waals surface area contributed by atoms with Gasteiger partial charge in [0, 0.05) is 63.6 Å². The Morgan fingerprint density at radius 3 is 2.43 bits per heavy atom. The number of amides is 1. The van der Waals surface area contributed by atoms with E-state index >= 15 is 0 Å². The molecule has 1 atom stereocenters. The number of hydrogen-bond donors (Lipinski definition) is 2. The Bertz CT molecular complexity index is 676. The van der Waals surface area contributed by atoms with Crippen molar-refractivity contribution in [2.75, 3.05) is 69.6 Å². The Morgan fingerprint density at radius 1 is 1.14 bits per heavy atom. The molecule has 2 saturated heterocycles. The number of hydrogen-bond acceptors (Lipinski definition) is 5. The van der Waals surface area contributed by atoms with Gasteiger partial charge >= 0.3 is 0 Å². The molecule has 1 aromatic rings. The van der Waals surface area contributed by atoms with Gasteiger partial charge < -0.3 is 20.0 Å². The molecule has 1 unspecified atom stereocenters. The van der Waals surface area contributed by atoms with Crippen LogP contribution in [0.4, 0.5) is 11.4 Å². The van der Waals surface area contributed by atoms with E-state index < -0.39 is 0 Å². The number of thiocarbonyl (C=S) groups is 1. The van der Waals surface area contributed by atoms with Gasteiger partial charge in [-0.15, -0.1) is 12.6 Å². The lowest BCUT2D eigenvalue weighted by atomic mass is 10.1. The number of nitrogens with one attached hydrogen (secondary N) is 1. The van der Waals surface area contributed by atoms with Crippen LogP contribution in [0.2, 0.25) is 0 Å². The van der Waals surface area contributed by atoms with Crippen molar-refractivity contribution < 1.29 is 4.79 Å². The minimum Gasteiger partial charge on any atom is -0.369 e. The van der Waals surface area contributed by atoms with Gasteiger partial charge in [-0.05, 0) is 37.9 Å². The van der Waals surface area contributed by atoms with E-state index in [9.17, 15) is 4.79 Å². The van der Waals surface area contributed by atoms with Crippen LogP contribution in [0.1, 0.15) is 13.3 Å². The maximum absolute atomic E-state index is 12.6. The number of rotatable bonds is 5. The molecule has 2 aliphatic rings. The zero-order chi connectivity index (χ0) is 20.1. The van der Waals surface area contributed by atoms with E-state index in [0.29, 0.717) is 10.7 Å². The van der Waals surface area contributed by atoms with Crippen molar-refractivity contribution in [3.63, 3.8) is 0 Å². The average molecular weight is 422 g/mol. The van der Waals surface area contributed by atoms with Crippen molar-refractivity contribution in [2.24, 2.45) is 0 Å². The summed E-state index contributed by atoms with van der Waals surface area (Å²) in [5, 5.41) is 3.04. The molecule has 2 fully saturated rings. The largest absolute Gasteiger partial charge is 0.369 e. The third-order valence-corrected chi connectivity index (χ3v) is 6.19. The summed E-state index contributed by atoms with van der Waals surface area (Å²) in [4.78, 5) is 21.8. The van der Waals surface area contributed by atoms with Gasteiger partial charge in [0.15, 0.2) is 0 Å². The number of anilines is 2. The molecular weight excluding hydrogens is 390 g/mol. The van der Waals surface area contributed by atoms with E-state index in [2.05, 4.69) is 63.6 Å². The molecule has 28 heavy (non-hydrogen) atoms. The number of likely N-dealkylation sites (N-methyl/N-ethyl adjacent to an activating group) is 2. The van der Waals surface area contributed by atoms with Crippen LogP contribution < -0.4 is 10.2 Å². The van der Waals surface area contributed by atoms with Gasteiger partial charge in [0.2, 0.25) is 5.91 Å². The molecule has 0 aliphatic carbocycles. The molecule has 6 nitrogen and oxygen atoms in total. The molecular formula is C20H31N5OS2. The summed E-state index contributed by atoms with van der Waals surface area (Å²) in [6, 6.07) is 8.24. The Labute approximate surface area is 179 Å². The molecule has 8 heteroatoms. The summed E-state index contributed by atoms with van der Waals surface area (Å²) in [5.41, 5.74) is 2.05. The number of carbonyl (C=O) groups excluding carboxylic acids is 1. The molecule has 1 amide bonds. The smallest absolute Gasteiger partial charge is 0.226 e. The van der Waals surface area contributed by atoms with E-state index in [4.69, 9.17) is 12.2 Å². The first-order chi connectivity index (χ1) is 13.5. The number of carbonyl (C=O) groups is 1. The molecule has 0 aromatic heterocycles. The Morgan fingerprint density at radius 2 is 1.82 bits per heavy atom. The lowest BCUT2D eigenvalue weighted by Gasteiger charge is -2.41. The monoisotopic (exact) mass is 421 g/mol. The first-order valence-corrected chi connectivity index (χ1v) is 10.9. The molecule has 2 heterocycles. The predicted molar refractivity (Wildman–Crippen MR) is 124 cm³/mol. The van der Waals surface area contributed by atoms with Crippen molar-refractivity contribution in [1.82, 2.24) is 14.7 Å². The van der Waals surface area contributed by atoms with Gasteiger partial charge in [0.05, 0.1) is 6.04 Å². The maximum atomic E-state index is 12.6. The summed E-state index contributed by atoms with van der Waals surface area (Å²) in [5.74, 6) is 0.0184. The van der Waals surface area contributed by atoms with Crippen LogP contribution in [0.25, 0.3) is 0 Å². The van der Waals surface area contributed by atoms with Crippen LogP contribution in [-0.4, -0.2) is 90.4 Å². The van der Waals surface area contributed by atoms with Crippen LogP contribution in [0.3, 0.4) is 0 Å². The fraction of sp³-hybridized carbons (Fsp3) is 0.600. The second-order valence-corrected chi connectivity index (χ2v) is 8.73. The molecule has 2 aliphatic heterocycles. The zero-order valence-electron chi connectivity index (χ0n) is 16.8. The third-order valence-electron chi connectivity index (χ3n) is 5.70. The third kappa shape index (κ3) is 5.59. The van der Waals surface area contributed by atoms with E-state index in [1.54, 1.807) is 0 Å². The first-order valence-electron chi connectivity index (χ1n) is 10.0. The topological polar surface area (TPSA) is 42.1 Å². The van der Waals surface area contributed by atoms with Gasteiger partial charge in [0.25, 0.3) is 0 Å². The molecule has 0 spiro atoms. The van der Waals surface area contributed by atoms with Crippen LogP contribution in [0.5, 0.6) is 0 Å². The van der Waals surface area contributed by atoms with Crippen LogP contribution in [0, 0.1) is 0 Å². The highest BCUT2D eigenvalue weighted by Gasteiger charge is 2.28. The minimum absolute atomic E-state index is 0.0184. The van der Waals surface area contributed by atoms with Crippen molar-refractivity contribution in [3.8, 4) is 0 Å². The van der Waals surface area contributed by atoms with Gasteiger partial charge in [-0.1, -0.05) is 19.1 Å². The Hall–Kier alpha value is -1.35. The average Bonchev–Trinajstić information content (AvgIpc) is 2.69. The highest BCUT2D eigenvalue weighted by Crippen LogP contribution is 2.20. The molecule has 3 rings (SSSR count). The predicted octanol–water partition coefficient (Wildman–Crippen LogP) is 1.99. The standard InChI is InChI=1S/C20H31N5OS2/c1-3-23-10-13-25(20(27)28)18(15-23)14-19(26)21-16-4-6-17(7-5-16)24-11-8-22(2)9-12-24/h4-7,18H,3,8-15H2,1-2H3,(H,21,26)(H,27,28). The summed E-state index contributed by atoms with van der Waals surface area (Å²) < 4.78 is 0.574. The van der Waals surface area contributed by atoms with Crippen molar-refractivity contribution in [1.29, 1.82) is 0 Å². The van der Waals surface area contributed by atoms with E-state index in [1.807, 2.05) is 12.1 Å². The first kappa shape index (κ1) is 21.4. The van der Waals surface area contributed by atoms with Gasteiger partial charge in [-0.3, -0.25) is 9.69 Å². The van der Waals surface area contributed by atoms with Gasteiger partial charge in [0.1, 0.15) is 4.32 Å². The summed E-state index contributed by atoms with van der Waals surface area (Å²) in [6.45, 7) is 10.0. The van der Waals surface area contributed by atoms with Crippen LogP contribution in [0.15, 0.2) is 24.3 Å². The lowest BCUT2D eigenvalue weighted by Crippen LogP contribution is -2.54. The maximum Gasteiger partial charge on any atom is 0.226 e. The number of nitrogens with zero attached hydrogens (tertiary/aromatic N) is 4. The fourth-order valence-electron chi connectivity index (χ4n) is 3.88. The molecule has 1 N–H and O–H groups in total. The van der Waals surface area contributed by atoms with E-state index in [0.717, 1.165) is 58.0 Å². The summed E-state index contributed by atoms with van der Waals surface area (Å²) in [7, 11) is 2.16. The van der Waals surface area contributed by atoms with Crippen molar-refractivity contribution in [3.05, 3.63) is 24.3 Å². The highest BCUT2D eigenvalue weighted by molar-refractivity contribution is 8.10. The fourth-order valence-corrected chi connectivity index (χ4v) is 4.38. The van der Waals surface area contributed by atoms with Crippen LogP contribution in [-0.2, 0) is 4.79 Å². The minimum atomic E-state index is 0.0184. The van der Waals surface area contributed by atoms with Crippen molar-refractivity contribution in [2.45, 2.75) is 19.4 Å². The highest BCUT2D eigenvalue weighted by atomic mass is 32.1. The SMILES string of the molecule is CCN1CCN(C(=S)S)C(CC(=O)Nc2ccc(N3CCN(C)CC3)cc2)C1. The van der Waals surface area contributed by atoms with E-state index in [-0.39, 0.29) is 11.9 Å². The summed E-state index contributed by atoms with van der Waals surface area (Å²) >= 11 is 9.61. The molecule has 154 valence electrons. The zero-order valence-corrected chi connectivity index (χ0v) is 18.5. The molecule has 0 radical (unpaired) electrons. The summed E-state index contributed by atoms with van der Waals surface area (Å²) in [6.07, 6.45) is 0.414. The second kappa shape index (κ2) is 9.91. The van der Waals surface area contributed by atoms with Gasteiger partial charge in [-0.2, -0.15) is 0 Å². The van der Waals surface area contributed by atoms with Crippen molar-refractivity contribution >= 4 is 46.4 Å². The molecule has 0 saturated carbocycles. The van der Waals surface area contributed by atoms with Gasteiger partial charge in [-0.25, -0.2) is 0 Å². The number of piperazine rings is 2. The van der Waals surface area contributed by atoms with E-state index in [1.165, 1.54) is 5.69 Å². The number of benzene rings is 1. The lowest BCUT2D eigenvalue weighted by molar-refractivity contribution is -0.117.